The minimum Gasteiger partial charge on any atom is -0.481 e. The number of rotatable bonds is 2. The first-order valence-corrected chi connectivity index (χ1v) is 6.85. The molecule has 0 atom stereocenters. The van der Waals surface area contributed by atoms with Gasteiger partial charge in [-0.25, -0.2) is 9.78 Å². The molecule has 0 aromatic carbocycles. The van der Waals surface area contributed by atoms with Gasteiger partial charge in [-0.2, -0.15) is 4.39 Å². The van der Waals surface area contributed by atoms with Gasteiger partial charge in [-0.05, 0) is 37.8 Å². The van der Waals surface area contributed by atoms with Gasteiger partial charge in [-0.1, -0.05) is 0 Å². The van der Waals surface area contributed by atoms with E-state index in [4.69, 9.17) is 9.84 Å². The van der Waals surface area contributed by atoms with Gasteiger partial charge < -0.3 is 9.84 Å². The van der Waals surface area contributed by atoms with Gasteiger partial charge in [0.2, 0.25) is 5.95 Å². The number of nitrogens with zero attached hydrogens (tertiary/aromatic N) is 2. The predicted octanol–water partition coefficient (Wildman–Crippen LogP) is 2.19. The summed E-state index contributed by atoms with van der Waals surface area (Å²) in [4.78, 5) is 27.8. The van der Waals surface area contributed by atoms with E-state index in [-0.39, 0.29) is 12.2 Å². The van der Waals surface area contributed by atoms with Crippen molar-refractivity contribution in [2.45, 2.75) is 31.3 Å². The van der Waals surface area contributed by atoms with E-state index in [2.05, 4.69) is 4.98 Å². The van der Waals surface area contributed by atoms with E-state index >= 15 is 0 Å². The van der Waals surface area contributed by atoms with Crippen molar-refractivity contribution in [1.82, 2.24) is 4.98 Å². The Morgan fingerprint density at radius 2 is 2.19 bits per heavy atom. The lowest BCUT2D eigenvalue weighted by atomic mass is 9.79. The highest BCUT2D eigenvalue weighted by molar-refractivity contribution is 5.90. The van der Waals surface area contributed by atoms with E-state index in [0.717, 1.165) is 0 Å². The topological polar surface area (TPSA) is 79.7 Å². The third-order valence-corrected chi connectivity index (χ3v) is 4.25. The number of halogens is 1. The predicted molar refractivity (Wildman–Crippen MR) is 70.3 cm³/mol. The molecule has 0 radical (unpaired) electrons. The summed E-state index contributed by atoms with van der Waals surface area (Å²) >= 11 is 0. The lowest BCUT2D eigenvalue weighted by Crippen LogP contribution is -2.40. The molecule has 21 heavy (non-hydrogen) atoms. The summed E-state index contributed by atoms with van der Waals surface area (Å²) in [5.74, 6) is -1.92. The fraction of sp³-hybridized carbons (Fsp3) is 0.500. The zero-order valence-corrected chi connectivity index (χ0v) is 11.3. The summed E-state index contributed by atoms with van der Waals surface area (Å²) in [6, 6.07) is 3.03. The maximum Gasteiger partial charge on any atom is 0.415 e. The van der Waals surface area contributed by atoms with E-state index < -0.39 is 29.5 Å². The second-order valence-electron chi connectivity index (χ2n) is 5.56. The third kappa shape index (κ3) is 2.43. The van der Waals surface area contributed by atoms with Crippen LogP contribution in [0.5, 0.6) is 0 Å². The number of ether oxygens (including phenoxy) is 1. The molecule has 1 amide bonds. The standard InChI is InChI=1S/C14H15FN2O4/c15-11-10(2-1-7-16-11)17-8-14(21-13(17)20)5-3-9(4-6-14)12(18)19/h1-2,7,9H,3-6,8H2,(H,18,19)/t9-,14+. The number of carbonyl (C=O) groups excluding carboxylic acids is 1. The van der Waals surface area contributed by atoms with Crippen molar-refractivity contribution in [2.24, 2.45) is 5.92 Å². The second kappa shape index (κ2) is 4.98. The lowest BCUT2D eigenvalue weighted by Gasteiger charge is -2.33. The molecule has 1 aromatic heterocycles. The number of anilines is 1. The molecule has 1 saturated carbocycles. The third-order valence-electron chi connectivity index (χ3n) is 4.25. The Hall–Kier alpha value is -2.18. The number of hydrogen-bond acceptors (Lipinski definition) is 4. The SMILES string of the molecule is O=C1O[C@]2(CC[C@@H](C(=O)O)CC2)CN1c1cccnc1F. The van der Waals surface area contributed by atoms with Crippen LogP contribution in [0.2, 0.25) is 0 Å². The highest BCUT2D eigenvalue weighted by Crippen LogP contribution is 2.41. The van der Waals surface area contributed by atoms with Crippen molar-refractivity contribution in [3.8, 4) is 0 Å². The Morgan fingerprint density at radius 1 is 1.48 bits per heavy atom. The van der Waals surface area contributed by atoms with Gasteiger partial charge in [0, 0.05) is 6.20 Å². The van der Waals surface area contributed by atoms with E-state index in [9.17, 15) is 14.0 Å². The number of aromatic nitrogens is 1. The summed E-state index contributed by atoms with van der Waals surface area (Å²) in [6.45, 7) is 0.237. The average Bonchev–Trinajstić information content (AvgIpc) is 2.76. The molecule has 1 aromatic rings. The smallest absolute Gasteiger partial charge is 0.415 e. The first-order chi connectivity index (χ1) is 10.0. The molecule has 2 fully saturated rings. The zero-order valence-electron chi connectivity index (χ0n) is 11.3. The minimum atomic E-state index is -0.815. The van der Waals surface area contributed by atoms with Gasteiger partial charge in [0.1, 0.15) is 11.3 Å². The van der Waals surface area contributed by atoms with Crippen LogP contribution in [-0.4, -0.2) is 34.3 Å². The van der Waals surface area contributed by atoms with Crippen LogP contribution in [0.15, 0.2) is 18.3 Å². The van der Waals surface area contributed by atoms with E-state index in [1.165, 1.54) is 17.2 Å². The van der Waals surface area contributed by atoms with Crippen molar-refractivity contribution in [3.63, 3.8) is 0 Å². The molecule has 2 aliphatic rings. The van der Waals surface area contributed by atoms with Gasteiger partial charge >= 0.3 is 12.1 Å². The molecule has 2 heterocycles. The molecule has 6 nitrogen and oxygen atoms in total. The van der Waals surface area contributed by atoms with E-state index in [1.807, 2.05) is 0 Å². The molecule has 112 valence electrons. The maximum atomic E-state index is 13.7. The number of carboxylic acids is 1. The van der Waals surface area contributed by atoms with Gasteiger partial charge in [-0.15, -0.1) is 0 Å². The van der Waals surface area contributed by atoms with Crippen LogP contribution >= 0.6 is 0 Å². The lowest BCUT2D eigenvalue weighted by molar-refractivity contribution is -0.144. The molecule has 7 heteroatoms. The summed E-state index contributed by atoms with van der Waals surface area (Å²) in [5.41, 5.74) is -0.606. The Bertz CT molecular complexity index is 584. The Balaban J connectivity index is 1.77. The van der Waals surface area contributed by atoms with Gasteiger partial charge in [0.05, 0.1) is 12.5 Å². The van der Waals surface area contributed by atoms with Gasteiger partial charge in [0.25, 0.3) is 0 Å². The summed E-state index contributed by atoms with van der Waals surface area (Å²) in [6.07, 6.45) is 2.60. The molecule has 0 bridgehead atoms. The van der Waals surface area contributed by atoms with E-state index in [1.54, 1.807) is 6.07 Å². The zero-order chi connectivity index (χ0) is 15.0. The van der Waals surface area contributed by atoms with Crippen LogP contribution in [0.3, 0.4) is 0 Å². The van der Waals surface area contributed by atoms with Crippen molar-refractivity contribution in [3.05, 3.63) is 24.3 Å². The highest BCUT2D eigenvalue weighted by Gasteiger charge is 2.49. The normalized spacial score (nSPS) is 28.7. The number of carboxylic acid groups (broad SMARTS) is 1. The van der Waals surface area contributed by atoms with Crippen LogP contribution < -0.4 is 4.90 Å². The van der Waals surface area contributed by atoms with Crippen molar-refractivity contribution in [1.29, 1.82) is 0 Å². The molecule has 1 N–H and O–H groups in total. The first kappa shape index (κ1) is 13.8. The minimum absolute atomic E-state index is 0.0970. The van der Waals surface area contributed by atoms with Crippen LogP contribution in [0, 0.1) is 11.9 Å². The van der Waals surface area contributed by atoms with Crippen molar-refractivity contribution < 1.29 is 23.8 Å². The summed E-state index contributed by atoms with van der Waals surface area (Å²) in [5, 5.41) is 9.01. The van der Waals surface area contributed by atoms with E-state index in [0.29, 0.717) is 25.7 Å². The Labute approximate surface area is 120 Å². The number of hydrogen-bond donors (Lipinski definition) is 1. The fourth-order valence-electron chi connectivity index (χ4n) is 3.04. The van der Waals surface area contributed by atoms with Crippen molar-refractivity contribution in [2.75, 3.05) is 11.4 Å². The highest BCUT2D eigenvalue weighted by atomic mass is 19.1. The fourth-order valence-corrected chi connectivity index (χ4v) is 3.04. The maximum absolute atomic E-state index is 13.7. The molecular formula is C14H15FN2O4. The van der Waals surface area contributed by atoms with Gasteiger partial charge in [0.15, 0.2) is 0 Å². The largest absolute Gasteiger partial charge is 0.481 e. The molecule has 1 aliphatic carbocycles. The molecule has 3 rings (SSSR count). The van der Waals surface area contributed by atoms with Crippen LogP contribution in [0.1, 0.15) is 25.7 Å². The van der Waals surface area contributed by atoms with Crippen LogP contribution in [0.25, 0.3) is 0 Å². The average molecular weight is 294 g/mol. The Kier molecular flexibility index (Phi) is 3.27. The second-order valence-corrected chi connectivity index (χ2v) is 5.56. The molecular weight excluding hydrogens is 279 g/mol. The Morgan fingerprint density at radius 3 is 2.81 bits per heavy atom. The number of pyridine rings is 1. The monoisotopic (exact) mass is 294 g/mol. The molecule has 1 spiro atoms. The van der Waals surface area contributed by atoms with Gasteiger partial charge in [-0.3, -0.25) is 9.69 Å². The molecule has 1 aliphatic heterocycles. The summed E-state index contributed by atoms with van der Waals surface area (Å²) in [7, 11) is 0. The summed E-state index contributed by atoms with van der Waals surface area (Å²) < 4.78 is 19.1. The first-order valence-electron chi connectivity index (χ1n) is 6.85. The number of amides is 1. The molecule has 1 saturated heterocycles. The number of aliphatic carboxylic acids is 1. The van der Waals surface area contributed by atoms with Crippen molar-refractivity contribution >= 4 is 17.7 Å². The quantitative estimate of drug-likeness (QED) is 0.846. The van der Waals surface area contributed by atoms with Crippen LogP contribution in [-0.2, 0) is 9.53 Å². The number of carbonyl (C=O) groups is 2. The molecule has 0 unspecified atom stereocenters. The van der Waals surface area contributed by atoms with Crippen LogP contribution in [0.4, 0.5) is 14.9 Å².